The van der Waals surface area contributed by atoms with Crippen molar-refractivity contribution in [3.05, 3.63) is 11.3 Å². The van der Waals surface area contributed by atoms with E-state index in [0.717, 1.165) is 42.9 Å². The van der Waals surface area contributed by atoms with Crippen LogP contribution in [-0.2, 0) is 14.4 Å². The van der Waals surface area contributed by atoms with E-state index in [4.69, 9.17) is 0 Å². The second-order valence-corrected chi connectivity index (χ2v) is 7.98. The molecule has 0 unspecified atom stereocenters. The zero-order chi connectivity index (χ0) is 18.0. The summed E-state index contributed by atoms with van der Waals surface area (Å²) in [4.78, 5) is 38.0. The Labute approximate surface area is 149 Å². The van der Waals surface area contributed by atoms with Crippen LogP contribution in [0.15, 0.2) is 11.3 Å². The van der Waals surface area contributed by atoms with Crippen molar-refractivity contribution in [2.24, 2.45) is 17.8 Å². The fourth-order valence-electron chi connectivity index (χ4n) is 4.85. The summed E-state index contributed by atoms with van der Waals surface area (Å²) in [5.41, 5.74) is -0.135. The molecule has 0 aromatic carbocycles. The first-order chi connectivity index (χ1) is 12.0. The van der Waals surface area contributed by atoms with Crippen molar-refractivity contribution < 1.29 is 19.5 Å². The molecular formula is C20H29NO4. The fourth-order valence-corrected chi connectivity index (χ4v) is 4.85. The van der Waals surface area contributed by atoms with Crippen LogP contribution in [0.1, 0.15) is 71.1 Å². The molecule has 0 spiro atoms. The number of hydrogen-bond donors (Lipinski definition) is 1. The van der Waals surface area contributed by atoms with E-state index in [1.807, 2.05) is 0 Å². The van der Waals surface area contributed by atoms with Gasteiger partial charge in [0.05, 0.1) is 6.54 Å². The summed E-state index contributed by atoms with van der Waals surface area (Å²) in [5, 5.41) is 10.4. The van der Waals surface area contributed by atoms with Crippen molar-refractivity contribution in [1.29, 1.82) is 0 Å². The largest absolute Gasteiger partial charge is 0.511 e. The molecule has 2 aliphatic carbocycles. The highest BCUT2D eigenvalue weighted by molar-refractivity contribution is 6.29. The van der Waals surface area contributed by atoms with Gasteiger partial charge in [-0.1, -0.05) is 32.6 Å². The zero-order valence-corrected chi connectivity index (χ0v) is 15.1. The summed E-state index contributed by atoms with van der Waals surface area (Å²) in [5.74, 6) is 0.370. The molecule has 25 heavy (non-hydrogen) atoms. The first-order valence-electron chi connectivity index (χ1n) is 9.81. The van der Waals surface area contributed by atoms with Crippen LogP contribution >= 0.6 is 0 Å². The summed E-state index contributed by atoms with van der Waals surface area (Å²) in [6.07, 6.45) is 9.32. The van der Waals surface area contributed by atoms with E-state index in [-0.39, 0.29) is 23.8 Å². The third-order valence-electron chi connectivity index (χ3n) is 6.21. The number of amides is 2. The number of rotatable bonds is 7. The van der Waals surface area contributed by atoms with Gasteiger partial charge in [0.25, 0.3) is 5.91 Å². The molecule has 3 aliphatic rings. The Hall–Kier alpha value is -1.65. The van der Waals surface area contributed by atoms with Crippen LogP contribution < -0.4 is 0 Å². The molecule has 2 saturated carbocycles. The minimum atomic E-state index is -0.592. The maximum atomic E-state index is 12.5. The number of ketones is 1. The minimum absolute atomic E-state index is 0.0890. The number of nitrogens with zero attached hydrogens (tertiary/aromatic N) is 1. The van der Waals surface area contributed by atoms with Crippen LogP contribution in [0.2, 0.25) is 0 Å². The smallest absolute Gasteiger partial charge is 0.268 e. The van der Waals surface area contributed by atoms with Crippen LogP contribution in [0.25, 0.3) is 0 Å². The van der Waals surface area contributed by atoms with Gasteiger partial charge in [-0.2, -0.15) is 0 Å². The van der Waals surface area contributed by atoms with Crippen LogP contribution in [0.4, 0.5) is 0 Å². The van der Waals surface area contributed by atoms with Gasteiger partial charge in [0.2, 0.25) is 5.91 Å². The van der Waals surface area contributed by atoms with Gasteiger partial charge in [0.1, 0.15) is 11.3 Å². The predicted molar refractivity (Wildman–Crippen MR) is 93.7 cm³/mol. The van der Waals surface area contributed by atoms with Gasteiger partial charge in [-0.3, -0.25) is 19.3 Å². The molecule has 3 atom stereocenters. The quantitative estimate of drug-likeness (QED) is 0.331. The number of aliphatic hydroxyl groups excluding tert-OH is 1. The Morgan fingerprint density at radius 2 is 1.96 bits per heavy atom. The second kappa shape index (κ2) is 7.71. The third-order valence-corrected chi connectivity index (χ3v) is 6.21. The van der Waals surface area contributed by atoms with Crippen molar-refractivity contribution in [1.82, 2.24) is 4.90 Å². The molecular weight excluding hydrogens is 318 g/mol. The van der Waals surface area contributed by atoms with Crippen LogP contribution in [-0.4, -0.2) is 34.1 Å². The van der Waals surface area contributed by atoms with Crippen molar-refractivity contribution in [2.45, 2.75) is 71.1 Å². The Morgan fingerprint density at radius 1 is 1.16 bits per heavy atom. The van der Waals surface area contributed by atoms with Gasteiger partial charge in [-0.25, -0.2) is 0 Å². The molecule has 138 valence electrons. The van der Waals surface area contributed by atoms with Gasteiger partial charge in [-0.15, -0.1) is 0 Å². The first kappa shape index (κ1) is 18.2. The second-order valence-electron chi connectivity index (χ2n) is 7.98. The van der Waals surface area contributed by atoms with Gasteiger partial charge in [0, 0.05) is 12.8 Å². The highest BCUT2D eigenvalue weighted by atomic mass is 16.3. The molecule has 1 aliphatic heterocycles. The lowest BCUT2D eigenvalue weighted by molar-refractivity contribution is -0.141. The lowest BCUT2D eigenvalue weighted by Crippen LogP contribution is -2.32. The van der Waals surface area contributed by atoms with E-state index >= 15 is 0 Å². The molecule has 3 rings (SSSR count). The number of fused-ring (bicyclic) bond motifs is 2. The topological polar surface area (TPSA) is 74.7 Å². The number of aliphatic hydroxyl groups is 1. The van der Waals surface area contributed by atoms with E-state index in [0.29, 0.717) is 24.7 Å². The normalized spacial score (nSPS) is 30.4. The molecule has 3 fully saturated rings. The third kappa shape index (κ3) is 3.80. The lowest BCUT2D eigenvalue weighted by atomic mass is 9.85. The zero-order valence-electron chi connectivity index (χ0n) is 15.1. The van der Waals surface area contributed by atoms with Crippen molar-refractivity contribution in [2.75, 3.05) is 6.54 Å². The van der Waals surface area contributed by atoms with Crippen LogP contribution in [0.3, 0.4) is 0 Å². The van der Waals surface area contributed by atoms with E-state index in [1.165, 1.54) is 19.3 Å². The number of carbonyl (C=O) groups excluding carboxylic acids is 3. The molecule has 2 amide bonds. The SMILES string of the molecule is CCCCCCC(=O)N1CC(=O)/C(=C(/O)C[C@H]2C[C@@H]3CC[C@H]2C3)C1=O. The number of Topliss-reactive ketones (excluding diaryl/α,β-unsaturated/α-hetero) is 1. The summed E-state index contributed by atoms with van der Waals surface area (Å²) >= 11 is 0. The van der Waals surface area contributed by atoms with E-state index in [1.54, 1.807) is 0 Å². The maximum absolute atomic E-state index is 12.5. The molecule has 1 saturated heterocycles. The minimum Gasteiger partial charge on any atom is -0.511 e. The average molecular weight is 347 g/mol. The van der Waals surface area contributed by atoms with Gasteiger partial charge < -0.3 is 5.11 Å². The molecule has 5 nitrogen and oxygen atoms in total. The maximum Gasteiger partial charge on any atom is 0.268 e. The summed E-state index contributed by atoms with van der Waals surface area (Å²) in [6.45, 7) is 1.89. The number of imide groups is 1. The lowest BCUT2D eigenvalue weighted by Gasteiger charge is -2.21. The van der Waals surface area contributed by atoms with Crippen LogP contribution in [0, 0.1) is 17.8 Å². The summed E-state index contributed by atoms with van der Waals surface area (Å²) in [7, 11) is 0. The van der Waals surface area contributed by atoms with E-state index in [2.05, 4.69) is 6.92 Å². The number of hydrogen-bond acceptors (Lipinski definition) is 4. The number of likely N-dealkylation sites (tertiary alicyclic amines) is 1. The standard InChI is InChI=1S/C20H29NO4/c1-2-3-4-5-6-18(24)21-12-17(23)19(20(21)25)16(22)11-15-10-13-7-8-14(15)9-13/h13-15,22H,2-12H2,1H3/b19-16-/t13-,14+,15-/m1/s1. The van der Waals surface area contributed by atoms with Gasteiger partial charge in [-0.05, 0) is 43.4 Å². The fraction of sp³-hybridized carbons (Fsp3) is 0.750. The van der Waals surface area contributed by atoms with E-state index in [9.17, 15) is 19.5 Å². The number of carbonyl (C=O) groups is 3. The molecule has 1 N–H and O–H groups in total. The van der Waals surface area contributed by atoms with Crippen molar-refractivity contribution >= 4 is 17.6 Å². The molecule has 0 aromatic heterocycles. The van der Waals surface area contributed by atoms with E-state index < -0.39 is 11.7 Å². The Balaban J connectivity index is 1.61. The average Bonchev–Trinajstić information content (AvgIpc) is 3.26. The summed E-state index contributed by atoms with van der Waals surface area (Å²) in [6, 6.07) is 0. The van der Waals surface area contributed by atoms with Gasteiger partial charge >= 0.3 is 0 Å². The molecule has 2 bridgehead atoms. The van der Waals surface area contributed by atoms with Crippen molar-refractivity contribution in [3.63, 3.8) is 0 Å². The highest BCUT2D eigenvalue weighted by Crippen LogP contribution is 2.50. The highest BCUT2D eigenvalue weighted by Gasteiger charge is 2.43. The molecule has 0 radical (unpaired) electrons. The Bertz CT molecular complexity index is 595. The predicted octanol–water partition coefficient (Wildman–Crippen LogP) is 3.53. The van der Waals surface area contributed by atoms with Crippen molar-refractivity contribution in [3.8, 4) is 0 Å². The Kier molecular flexibility index (Phi) is 5.60. The Morgan fingerprint density at radius 3 is 2.60 bits per heavy atom. The first-order valence-corrected chi connectivity index (χ1v) is 9.81. The number of unbranched alkanes of at least 4 members (excludes halogenated alkanes) is 3. The van der Waals surface area contributed by atoms with Gasteiger partial charge in [0.15, 0.2) is 5.78 Å². The molecule has 1 heterocycles. The molecule has 0 aromatic rings. The summed E-state index contributed by atoms with van der Waals surface area (Å²) < 4.78 is 0. The van der Waals surface area contributed by atoms with Crippen LogP contribution in [0.5, 0.6) is 0 Å². The number of allylic oxidation sites excluding steroid dienone is 1. The monoisotopic (exact) mass is 347 g/mol. The molecule has 5 heteroatoms.